The number of nitrogen functional groups attached to an aromatic ring is 1. The molecule has 6 heteroatoms. The molecule has 0 fully saturated rings. The molecule has 0 spiro atoms. The molecule has 1 aromatic carbocycles. The Balaban J connectivity index is 2.09. The molecule has 0 saturated carbocycles. The van der Waals surface area contributed by atoms with E-state index in [4.69, 9.17) is 5.73 Å². The van der Waals surface area contributed by atoms with E-state index in [0.717, 1.165) is 10.1 Å². The second-order valence-corrected chi connectivity index (χ2v) is 5.64. The number of carbonyl (C=O) groups is 2. The zero-order valence-corrected chi connectivity index (χ0v) is 13.0. The summed E-state index contributed by atoms with van der Waals surface area (Å²) >= 11 is 1.34. The van der Waals surface area contributed by atoms with Gasteiger partial charge in [0.05, 0.1) is 12.2 Å². The van der Waals surface area contributed by atoms with Crippen LogP contribution in [0.5, 0.6) is 0 Å². The van der Waals surface area contributed by atoms with Crippen LogP contribution in [0.4, 0.5) is 5.69 Å². The number of rotatable bonds is 5. The molecule has 2 rings (SSSR count). The molecular formula is C15H19N3O2S. The summed E-state index contributed by atoms with van der Waals surface area (Å²) in [5, 5.41) is 3.53. The summed E-state index contributed by atoms with van der Waals surface area (Å²) in [5.74, 6) is -0.387. The molecule has 0 unspecified atom stereocenters. The largest absolute Gasteiger partial charge is 0.397 e. The number of likely N-dealkylation sites (N-methyl/N-ethyl adjacent to an activating group) is 1. The van der Waals surface area contributed by atoms with Gasteiger partial charge in [0, 0.05) is 23.2 Å². The van der Waals surface area contributed by atoms with Gasteiger partial charge in [-0.25, -0.2) is 0 Å². The van der Waals surface area contributed by atoms with E-state index in [0.29, 0.717) is 23.7 Å². The smallest absolute Gasteiger partial charge is 0.263 e. The molecule has 0 atom stereocenters. The van der Waals surface area contributed by atoms with Crippen molar-refractivity contribution < 1.29 is 9.59 Å². The topological polar surface area (TPSA) is 75.4 Å². The number of anilines is 1. The Bertz CT molecular complexity index is 662. The lowest BCUT2D eigenvalue weighted by Crippen LogP contribution is -2.39. The number of amides is 2. The predicted molar refractivity (Wildman–Crippen MR) is 86.5 cm³/mol. The van der Waals surface area contributed by atoms with Crippen LogP contribution in [-0.2, 0) is 4.79 Å². The SMILES string of the molecule is CCN(CC)C(=O)CNC(=O)c1sc2ccccc2c1N. The van der Waals surface area contributed by atoms with Gasteiger partial charge in [0.15, 0.2) is 0 Å². The number of thiophene rings is 1. The predicted octanol–water partition coefficient (Wildman–Crippen LogP) is 2.08. The Kier molecular flexibility index (Phi) is 4.80. The van der Waals surface area contributed by atoms with Crippen molar-refractivity contribution in [3.63, 3.8) is 0 Å². The van der Waals surface area contributed by atoms with E-state index >= 15 is 0 Å². The Morgan fingerprint density at radius 1 is 1.24 bits per heavy atom. The second kappa shape index (κ2) is 6.58. The minimum atomic E-state index is -0.297. The molecule has 1 aromatic heterocycles. The van der Waals surface area contributed by atoms with E-state index in [9.17, 15) is 9.59 Å². The lowest BCUT2D eigenvalue weighted by atomic mass is 10.2. The van der Waals surface area contributed by atoms with Crippen molar-refractivity contribution >= 4 is 38.9 Å². The average molecular weight is 305 g/mol. The molecule has 2 aromatic rings. The Labute approximate surface area is 127 Å². The number of nitrogens with one attached hydrogen (secondary N) is 1. The van der Waals surface area contributed by atoms with Gasteiger partial charge in [0.25, 0.3) is 5.91 Å². The van der Waals surface area contributed by atoms with Crippen LogP contribution in [0, 0.1) is 0 Å². The quantitative estimate of drug-likeness (QED) is 0.888. The van der Waals surface area contributed by atoms with E-state index in [2.05, 4.69) is 5.32 Å². The molecule has 5 nitrogen and oxygen atoms in total. The van der Waals surface area contributed by atoms with Crippen molar-refractivity contribution in [2.45, 2.75) is 13.8 Å². The molecule has 0 aliphatic carbocycles. The highest BCUT2D eigenvalue weighted by Crippen LogP contribution is 2.33. The normalized spacial score (nSPS) is 10.6. The molecule has 0 bridgehead atoms. The first-order valence-corrected chi connectivity index (χ1v) is 7.73. The van der Waals surface area contributed by atoms with Gasteiger partial charge in [-0.15, -0.1) is 11.3 Å². The highest BCUT2D eigenvalue weighted by Gasteiger charge is 2.17. The monoisotopic (exact) mass is 305 g/mol. The van der Waals surface area contributed by atoms with Crippen LogP contribution in [-0.4, -0.2) is 36.3 Å². The van der Waals surface area contributed by atoms with Crippen LogP contribution >= 0.6 is 11.3 Å². The first-order valence-electron chi connectivity index (χ1n) is 6.91. The third-order valence-electron chi connectivity index (χ3n) is 3.36. The second-order valence-electron chi connectivity index (χ2n) is 4.59. The number of nitrogens with two attached hydrogens (primary N) is 1. The van der Waals surface area contributed by atoms with E-state index < -0.39 is 0 Å². The molecule has 0 radical (unpaired) electrons. The maximum absolute atomic E-state index is 12.2. The molecule has 0 aliphatic heterocycles. The van der Waals surface area contributed by atoms with Crippen LogP contribution in [0.25, 0.3) is 10.1 Å². The zero-order valence-electron chi connectivity index (χ0n) is 12.2. The molecule has 0 saturated heterocycles. The number of nitrogens with zero attached hydrogens (tertiary/aromatic N) is 1. The summed E-state index contributed by atoms with van der Waals surface area (Å²) in [6, 6.07) is 7.61. The summed E-state index contributed by atoms with van der Waals surface area (Å²) in [5.41, 5.74) is 6.49. The maximum atomic E-state index is 12.2. The summed E-state index contributed by atoms with van der Waals surface area (Å²) in [7, 11) is 0. The van der Waals surface area contributed by atoms with Gasteiger partial charge in [-0.05, 0) is 19.9 Å². The van der Waals surface area contributed by atoms with Crippen LogP contribution in [0.3, 0.4) is 0 Å². The van der Waals surface area contributed by atoms with Crippen LogP contribution in [0.2, 0.25) is 0 Å². The Morgan fingerprint density at radius 3 is 2.52 bits per heavy atom. The van der Waals surface area contributed by atoms with Gasteiger partial charge in [-0.2, -0.15) is 0 Å². The van der Waals surface area contributed by atoms with Crippen LogP contribution < -0.4 is 11.1 Å². The molecule has 0 aliphatic rings. The third-order valence-corrected chi connectivity index (χ3v) is 4.54. The van der Waals surface area contributed by atoms with E-state index in [1.807, 2.05) is 38.1 Å². The van der Waals surface area contributed by atoms with Crippen molar-refractivity contribution in [1.82, 2.24) is 10.2 Å². The fourth-order valence-corrected chi connectivity index (χ4v) is 3.20. The fraction of sp³-hybridized carbons (Fsp3) is 0.333. The van der Waals surface area contributed by atoms with Crippen LogP contribution in [0.1, 0.15) is 23.5 Å². The molecule has 2 amide bonds. The first-order chi connectivity index (χ1) is 10.1. The van der Waals surface area contributed by atoms with Crippen molar-refractivity contribution in [1.29, 1.82) is 0 Å². The Morgan fingerprint density at radius 2 is 1.90 bits per heavy atom. The van der Waals surface area contributed by atoms with Gasteiger partial charge in [0.1, 0.15) is 4.88 Å². The molecule has 21 heavy (non-hydrogen) atoms. The maximum Gasteiger partial charge on any atom is 0.263 e. The average Bonchev–Trinajstić information content (AvgIpc) is 2.84. The lowest BCUT2D eigenvalue weighted by molar-refractivity contribution is -0.129. The minimum Gasteiger partial charge on any atom is -0.397 e. The molecule has 1 heterocycles. The number of hydrogen-bond donors (Lipinski definition) is 2. The minimum absolute atomic E-state index is 0.00576. The highest BCUT2D eigenvalue weighted by molar-refractivity contribution is 7.21. The fourth-order valence-electron chi connectivity index (χ4n) is 2.16. The number of fused-ring (bicyclic) bond motifs is 1. The van der Waals surface area contributed by atoms with Gasteiger partial charge >= 0.3 is 0 Å². The summed E-state index contributed by atoms with van der Waals surface area (Å²) < 4.78 is 0.968. The van der Waals surface area contributed by atoms with Gasteiger partial charge in [-0.1, -0.05) is 18.2 Å². The summed E-state index contributed by atoms with van der Waals surface area (Å²) in [6.45, 7) is 5.08. The lowest BCUT2D eigenvalue weighted by Gasteiger charge is -2.18. The van der Waals surface area contributed by atoms with Gasteiger partial charge in [-0.3, -0.25) is 9.59 Å². The van der Waals surface area contributed by atoms with Crippen molar-refractivity contribution in [2.75, 3.05) is 25.4 Å². The summed E-state index contributed by atoms with van der Waals surface area (Å²) in [6.07, 6.45) is 0. The van der Waals surface area contributed by atoms with E-state index in [1.165, 1.54) is 11.3 Å². The van der Waals surface area contributed by atoms with Crippen molar-refractivity contribution in [3.8, 4) is 0 Å². The third kappa shape index (κ3) is 3.16. The Hall–Kier alpha value is -2.08. The number of carbonyl (C=O) groups excluding carboxylic acids is 2. The van der Waals surface area contributed by atoms with E-state index in [1.54, 1.807) is 4.90 Å². The zero-order chi connectivity index (χ0) is 15.4. The van der Waals surface area contributed by atoms with Crippen molar-refractivity contribution in [2.24, 2.45) is 0 Å². The molecule has 112 valence electrons. The number of benzene rings is 1. The first kappa shape index (κ1) is 15.3. The highest BCUT2D eigenvalue weighted by atomic mass is 32.1. The molecular weight excluding hydrogens is 286 g/mol. The van der Waals surface area contributed by atoms with Crippen LogP contribution in [0.15, 0.2) is 24.3 Å². The number of hydrogen-bond acceptors (Lipinski definition) is 4. The molecule has 3 N–H and O–H groups in total. The van der Waals surface area contributed by atoms with Gasteiger partial charge < -0.3 is 16.0 Å². The van der Waals surface area contributed by atoms with Crippen molar-refractivity contribution in [3.05, 3.63) is 29.1 Å². The van der Waals surface area contributed by atoms with Gasteiger partial charge in [0.2, 0.25) is 5.91 Å². The standard InChI is InChI=1S/C15H19N3O2S/c1-3-18(4-2)12(19)9-17-15(20)14-13(16)10-7-5-6-8-11(10)21-14/h5-8H,3-4,9,16H2,1-2H3,(H,17,20). The summed E-state index contributed by atoms with van der Waals surface area (Å²) in [4.78, 5) is 26.2. The van der Waals surface area contributed by atoms with E-state index in [-0.39, 0.29) is 18.4 Å².